The Kier molecular flexibility index (Phi) is 4.01. The maximum Gasteiger partial charge on any atom is 0.343 e. The van der Waals surface area contributed by atoms with Gasteiger partial charge in [-0.3, -0.25) is 0 Å². The van der Waals surface area contributed by atoms with Crippen LogP contribution >= 0.6 is 11.6 Å². The van der Waals surface area contributed by atoms with Crippen molar-refractivity contribution < 1.29 is 9.53 Å². The lowest BCUT2D eigenvalue weighted by molar-refractivity contribution is 0.0637. The number of rotatable bonds is 3. The van der Waals surface area contributed by atoms with Crippen LogP contribution in [0.3, 0.4) is 0 Å². The van der Waals surface area contributed by atoms with E-state index in [0.29, 0.717) is 23.2 Å². The molecule has 0 unspecified atom stereocenters. The van der Waals surface area contributed by atoms with Gasteiger partial charge in [0.1, 0.15) is 5.76 Å². The van der Waals surface area contributed by atoms with Crippen molar-refractivity contribution >= 4 is 23.1 Å². The molecule has 0 heterocycles. The number of hydrogen-bond donors (Lipinski definition) is 0. The Morgan fingerprint density at radius 3 is 2.60 bits per heavy atom. The predicted octanol–water partition coefficient (Wildman–Crippen LogP) is 5.99. The van der Waals surface area contributed by atoms with Crippen molar-refractivity contribution in [2.45, 2.75) is 26.2 Å². The van der Waals surface area contributed by atoms with Crippen molar-refractivity contribution in [1.29, 1.82) is 0 Å². The minimum atomic E-state index is -0.328. The number of hydrogen-bond acceptors (Lipinski definition) is 2. The molecule has 2 aromatic carbocycles. The molecule has 2 atom stereocenters. The third-order valence-electron chi connectivity index (χ3n) is 4.83. The number of ether oxygens (including phenoxy) is 1. The number of fused-ring (bicyclic) bond motifs is 3. The molecule has 2 aliphatic carbocycles. The van der Waals surface area contributed by atoms with Gasteiger partial charge in [0.15, 0.2) is 0 Å². The molecule has 0 bridgehead atoms. The van der Waals surface area contributed by atoms with Gasteiger partial charge in [-0.2, -0.15) is 0 Å². The highest BCUT2D eigenvalue weighted by Gasteiger charge is 2.42. The molecule has 0 amide bonds. The van der Waals surface area contributed by atoms with Crippen LogP contribution in [0.2, 0.25) is 5.02 Å². The van der Waals surface area contributed by atoms with Gasteiger partial charge in [-0.25, -0.2) is 4.79 Å². The summed E-state index contributed by atoms with van der Waals surface area (Å²) < 4.78 is 5.83. The van der Waals surface area contributed by atoms with Crippen molar-refractivity contribution in [2.75, 3.05) is 0 Å². The average molecular weight is 351 g/mol. The van der Waals surface area contributed by atoms with Crippen LogP contribution in [0.5, 0.6) is 0 Å². The van der Waals surface area contributed by atoms with Crippen LogP contribution in [0.1, 0.15) is 47.7 Å². The third kappa shape index (κ3) is 3.03. The van der Waals surface area contributed by atoms with Crippen molar-refractivity contribution in [3.05, 3.63) is 87.7 Å². The summed E-state index contributed by atoms with van der Waals surface area (Å²) >= 11 is 6.20. The fraction of sp³-hybridized carbons (Fsp3) is 0.227. The van der Waals surface area contributed by atoms with Gasteiger partial charge in [-0.15, -0.1) is 0 Å². The van der Waals surface area contributed by atoms with Crippen molar-refractivity contribution in [3.8, 4) is 0 Å². The van der Waals surface area contributed by atoms with E-state index in [1.165, 1.54) is 5.56 Å². The second-order valence-electron chi connectivity index (χ2n) is 6.90. The minimum absolute atomic E-state index is 0.328. The van der Waals surface area contributed by atoms with Gasteiger partial charge in [-0.05, 0) is 73.1 Å². The van der Waals surface area contributed by atoms with E-state index in [1.807, 2.05) is 44.2 Å². The fourth-order valence-corrected chi connectivity index (χ4v) is 3.68. The number of allylic oxidation sites excluding steroid dienone is 3. The maximum atomic E-state index is 12.6. The van der Waals surface area contributed by atoms with E-state index in [2.05, 4.69) is 12.1 Å². The topological polar surface area (TPSA) is 26.3 Å². The highest BCUT2D eigenvalue weighted by molar-refractivity contribution is 6.30. The first-order valence-corrected chi connectivity index (χ1v) is 8.89. The summed E-state index contributed by atoms with van der Waals surface area (Å²) in [7, 11) is 0. The molecule has 0 radical (unpaired) electrons. The van der Waals surface area contributed by atoms with Crippen LogP contribution in [-0.4, -0.2) is 5.97 Å². The number of halogens is 1. The monoisotopic (exact) mass is 350 g/mol. The molecule has 2 aromatic rings. The molecular formula is C22H19ClO2. The maximum absolute atomic E-state index is 12.6. The predicted molar refractivity (Wildman–Crippen MR) is 101 cm³/mol. The third-order valence-corrected chi connectivity index (χ3v) is 5.06. The molecular weight excluding hydrogens is 332 g/mol. The summed E-state index contributed by atoms with van der Waals surface area (Å²) in [4.78, 5) is 12.6. The van der Waals surface area contributed by atoms with Crippen LogP contribution in [0, 0.1) is 5.92 Å². The lowest BCUT2D eigenvalue weighted by Crippen LogP contribution is -2.10. The quantitative estimate of drug-likeness (QED) is 0.502. The van der Waals surface area contributed by atoms with Gasteiger partial charge in [0.25, 0.3) is 0 Å². The zero-order valence-corrected chi connectivity index (χ0v) is 15.0. The van der Waals surface area contributed by atoms with Crippen LogP contribution in [-0.2, 0) is 4.74 Å². The first kappa shape index (κ1) is 16.2. The smallest absolute Gasteiger partial charge is 0.343 e. The molecule has 0 saturated heterocycles. The van der Waals surface area contributed by atoms with Crippen LogP contribution in [0.15, 0.2) is 65.9 Å². The minimum Gasteiger partial charge on any atom is -0.422 e. The molecule has 126 valence electrons. The van der Waals surface area contributed by atoms with E-state index in [1.54, 1.807) is 12.1 Å². The van der Waals surface area contributed by atoms with Crippen LogP contribution in [0.4, 0.5) is 0 Å². The molecule has 3 heteroatoms. The highest BCUT2D eigenvalue weighted by atomic mass is 35.5. The lowest BCUT2D eigenvalue weighted by Gasteiger charge is -2.21. The lowest BCUT2D eigenvalue weighted by atomic mass is 9.88. The summed E-state index contributed by atoms with van der Waals surface area (Å²) in [5.74, 6) is 1.40. The van der Waals surface area contributed by atoms with Gasteiger partial charge in [0.05, 0.1) is 5.56 Å². The fourth-order valence-electron chi connectivity index (χ4n) is 3.50. The number of carbonyl (C=O) groups is 1. The van der Waals surface area contributed by atoms with E-state index >= 15 is 0 Å². The van der Waals surface area contributed by atoms with Crippen LogP contribution < -0.4 is 0 Å². The summed E-state index contributed by atoms with van der Waals surface area (Å²) in [6, 6.07) is 15.1. The summed E-state index contributed by atoms with van der Waals surface area (Å²) in [5.41, 5.74) is 4.94. The Morgan fingerprint density at radius 1 is 1.12 bits per heavy atom. The summed E-state index contributed by atoms with van der Waals surface area (Å²) in [5, 5.41) is 0.755. The second kappa shape index (κ2) is 6.20. The van der Waals surface area contributed by atoms with Gasteiger partial charge < -0.3 is 4.74 Å². The Bertz CT molecular complexity index is 905. The van der Waals surface area contributed by atoms with Gasteiger partial charge in [-0.1, -0.05) is 41.9 Å². The van der Waals surface area contributed by atoms with Crippen molar-refractivity contribution in [1.82, 2.24) is 0 Å². The molecule has 2 aliphatic rings. The van der Waals surface area contributed by atoms with Gasteiger partial charge in [0, 0.05) is 10.6 Å². The van der Waals surface area contributed by atoms with E-state index in [9.17, 15) is 4.79 Å². The van der Waals surface area contributed by atoms with E-state index in [0.717, 1.165) is 28.2 Å². The summed E-state index contributed by atoms with van der Waals surface area (Å²) in [6.07, 6.45) is 3.39. The average Bonchev–Trinajstić information content (AvgIpc) is 3.39. The molecule has 1 saturated carbocycles. The normalized spacial score (nSPS) is 20.0. The molecule has 0 spiro atoms. The SMILES string of the molecule is CC(C)=C(OC(=O)c1ccccc1)C1=C[C@H]2C[C@H]2c2cc(Cl)ccc21. The van der Waals surface area contributed by atoms with Gasteiger partial charge in [0.2, 0.25) is 0 Å². The Morgan fingerprint density at radius 2 is 1.88 bits per heavy atom. The van der Waals surface area contributed by atoms with Crippen molar-refractivity contribution in [3.63, 3.8) is 0 Å². The zero-order chi connectivity index (χ0) is 17.6. The first-order chi connectivity index (χ1) is 12.0. The number of benzene rings is 2. The number of carbonyl (C=O) groups excluding carboxylic acids is 1. The Hall–Kier alpha value is -2.32. The van der Waals surface area contributed by atoms with Crippen molar-refractivity contribution in [2.24, 2.45) is 5.92 Å². The Balaban J connectivity index is 1.72. The molecule has 2 nitrogen and oxygen atoms in total. The highest BCUT2D eigenvalue weighted by Crippen LogP contribution is 2.56. The molecule has 1 fully saturated rings. The molecule has 0 N–H and O–H groups in total. The van der Waals surface area contributed by atoms with Crippen LogP contribution in [0.25, 0.3) is 5.57 Å². The Labute approximate surface area is 152 Å². The molecule has 0 aromatic heterocycles. The molecule has 0 aliphatic heterocycles. The van der Waals surface area contributed by atoms with E-state index in [4.69, 9.17) is 16.3 Å². The second-order valence-corrected chi connectivity index (χ2v) is 7.34. The molecule has 25 heavy (non-hydrogen) atoms. The molecule has 4 rings (SSSR count). The van der Waals surface area contributed by atoms with E-state index < -0.39 is 0 Å². The standard InChI is InChI=1S/C22H19ClO2/c1-13(2)21(25-22(24)14-6-4-3-5-7-14)20-11-15-10-18(15)19-12-16(23)8-9-17(19)20/h3-9,11-12,15,18H,10H2,1-2H3/t15-,18-/m1/s1. The number of esters is 1. The van der Waals surface area contributed by atoms with Gasteiger partial charge >= 0.3 is 5.97 Å². The van der Waals surface area contributed by atoms with E-state index in [-0.39, 0.29) is 5.97 Å². The first-order valence-electron chi connectivity index (χ1n) is 8.51. The summed E-state index contributed by atoms with van der Waals surface area (Å²) in [6.45, 7) is 3.95. The largest absolute Gasteiger partial charge is 0.422 e. The zero-order valence-electron chi connectivity index (χ0n) is 14.3.